The number of primary amides is 1. The molecule has 0 unspecified atom stereocenters. The van der Waals surface area contributed by atoms with Crippen molar-refractivity contribution in [3.05, 3.63) is 0 Å². The molecule has 0 saturated heterocycles. The van der Waals surface area contributed by atoms with Crippen LogP contribution in [0.2, 0.25) is 0 Å². The van der Waals surface area contributed by atoms with Crippen molar-refractivity contribution in [2.24, 2.45) is 17.2 Å². The van der Waals surface area contributed by atoms with Gasteiger partial charge in [0.25, 0.3) is 0 Å². The maximum absolute atomic E-state index is 12.9. The van der Waals surface area contributed by atoms with E-state index < -0.39 is 66.7 Å². The van der Waals surface area contributed by atoms with E-state index in [2.05, 4.69) is 26.6 Å². The van der Waals surface area contributed by atoms with Gasteiger partial charge in [0.2, 0.25) is 29.5 Å². The maximum Gasteiger partial charge on any atom is 0.322 e. The van der Waals surface area contributed by atoms with Crippen molar-refractivity contribution in [2.45, 2.75) is 50.2 Å². The van der Waals surface area contributed by atoms with Crippen LogP contribution in [0.4, 0.5) is 0 Å². The van der Waals surface area contributed by atoms with Gasteiger partial charge in [0.05, 0.1) is 12.6 Å². The van der Waals surface area contributed by atoms with Crippen LogP contribution in [-0.4, -0.2) is 96.3 Å². The topological polar surface area (TPSA) is 285 Å². The molecular weight excluding hydrogens is 510 g/mol. The highest BCUT2D eigenvalue weighted by molar-refractivity contribution is 7.98. The summed E-state index contributed by atoms with van der Waals surface area (Å²) < 4.78 is 0. The molecule has 0 aromatic heterocycles. The number of rotatable bonds is 19. The number of hydrogen-bond acceptors (Lipinski definition) is 9. The van der Waals surface area contributed by atoms with Crippen molar-refractivity contribution in [1.82, 2.24) is 26.6 Å². The van der Waals surface area contributed by atoms with Gasteiger partial charge in [0.15, 0.2) is 5.96 Å². The molecule has 0 aromatic carbocycles. The highest BCUT2D eigenvalue weighted by atomic mass is 32.2. The van der Waals surface area contributed by atoms with Crippen LogP contribution in [0.25, 0.3) is 0 Å². The second-order valence-corrected chi connectivity index (χ2v) is 8.87. The molecule has 0 radical (unpaired) electrons. The Bertz CT molecular complexity index is 828. The minimum atomic E-state index is -1.25. The monoisotopic (exact) mass is 547 g/mol. The number of carboxylic acid groups (broad SMARTS) is 1. The van der Waals surface area contributed by atoms with Crippen LogP contribution in [-0.2, 0) is 28.8 Å². The van der Waals surface area contributed by atoms with E-state index in [1.165, 1.54) is 11.8 Å². The van der Waals surface area contributed by atoms with Crippen molar-refractivity contribution in [3.63, 3.8) is 0 Å². The molecule has 5 amide bonds. The largest absolute Gasteiger partial charge is 0.480 e. The SMILES string of the molecule is CSCC[C@H](NC(=O)[C@H](CCC(N)=O)NC(=O)[C@@H](N)CCCNC(=N)N)C(=O)NCC(=O)NCC(=O)O. The summed E-state index contributed by atoms with van der Waals surface area (Å²) in [6, 6.07) is -3.28. The number of guanidine groups is 1. The molecule has 0 spiro atoms. The molecule has 0 saturated carbocycles. The molecule has 16 nitrogen and oxygen atoms in total. The molecule has 3 atom stereocenters. The van der Waals surface area contributed by atoms with Gasteiger partial charge in [0.1, 0.15) is 18.6 Å². The Hall–Kier alpha value is -3.60. The molecule has 0 rings (SSSR count). The molecule has 0 heterocycles. The molecule has 0 aliphatic rings. The lowest BCUT2D eigenvalue weighted by molar-refractivity contribution is -0.138. The zero-order valence-corrected chi connectivity index (χ0v) is 21.4. The summed E-state index contributed by atoms with van der Waals surface area (Å²) in [7, 11) is 0. The predicted molar refractivity (Wildman–Crippen MR) is 136 cm³/mol. The van der Waals surface area contributed by atoms with Crippen LogP contribution in [0.3, 0.4) is 0 Å². The van der Waals surface area contributed by atoms with Gasteiger partial charge >= 0.3 is 5.97 Å². The lowest BCUT2D eigenvalue weighted by atomic mass is 10.1. The van der Waals surface area contributed by atoms with Crippen molar-refractivity contribution < 1.29 is 33.9 Å². The Labute approximate surface area is 218 Å². The van der Waals surface area contributed by atoms with Gasteiger partial charge in [-0.1, -0.05) is 0 Å². The highest BCUT2D eigenvalue weighted by Crippen LogP contribution is 2.05. The number of carboxylic acids is 1. The third-order valence-corrected chi connectivity index (χ3v) is 5.40. The number of hydrogen-bond donors (Lipinski definition) is 10. The van der Waals surface area contributed by atoms with Crippen LogP contribution in [0, 0.1) is 5.41 Å². The smallest absolute Gasteiger partial charge is 0.322 e. The van der Waals surface area contributed by atoms with Crippen molar-refractivity contribution in [1.29, 1.82) is 5.41 Å². The second-order valence-electron chi connectivity index (χ2n) is 7.89. The lowest BCUT2D eigenvalue weighted by Gasteiger charge is -2.24. The average molecular weight is 548 g/mol. The Morgan fingerprint density at radius 1 is 0.865 bits per heavy atom. The van der Waals surface area contributed by atoms with Crippen molar-refractivity contribution in [3.8, 4) is 0 Å². The maximum atomic E-state index is 12.9. The van der Waals surface area contributed by atoms with Crippen LogP contribution in [0.5, 0.6) is 0 Å². The molecule has 210 valence electrons. The lowest BCUT2D eigenvalue weighted by Crippen LogP contribution is -2.56. The van der Waals surface area contributed by atoms with Crippen LogP contribution in [0.15, 0.2) is 0 Å². The van der Waals surface area contributed by atoms with Gasteiger partial charge in [-0.3, -0.25) is 34.2 Å². The third-order valence-electron chi connectivity index (χ3n) is 4.76. The Morgan fingerprint density at radius 2 is 1.49 bits per heavy atom. The van der Waals surface area contributed by atoms with Gasteiger partial charge in [-0.25, -0.2) is 0 Å². The number of carbonyl (C=O) groups is 6. The van der Waals surface area contributed by atoms with E-state index in [9.17, 15) is 28.8 Å². The first-order valence-corrected chi connectivity index (χ1v) is 12.7. The minimum absolute atomic E-state index is 0.139. The van der Waals surface area contributed by atoms with Crippen LogP contribution in [0.1, 0.15) is 32.1 Å². The summed E-state index contributed by atoms with van der Waals surface area (Å²) >= 11 is 1.41. The van der Waals surface area contributed by atoms with Crippen LogP contribution >= 0.6 is 11.8 Å². The third kappa shape index (κ3) is 16.7. The van der Waals surface area contributed by atoms with Gasteiger partial charge in [0, 0.05) is 13.0 Å². The molecule has 0 bridgehead atoms. The Balaban J connectivity index is 5.19. The first-order valence-electron chi connectivity index (χ1n) is 11.3. The number of amides is 5. The number of nitrogens with two attached hydrogens (primary N) is 3. The molecule has 0 aromatic rings. The van der Waals surface area contributed by atoms with Gasteiger partial charge in [-0.2, -0.15) is 11.8 Å². The molecule has 37 heavy (non-hydrogen) atoms. The number of thioether (sulfide) groups is 1. The first-order chi connectivity index (χ1) is 17.4. The molecular formula is C20H37N9O7S. The van der Waals surface area contributed by atoms with E-state index in [0.717, 1.165) is 0 Å². The summed E-state index contributed by atoms with van der Waals surface area (Å²) in [6.07, 6.45) is 2.26. The average Bonchev–Trinajstić information content (AvgIpc) is 2.83. The first kappa shape index (κ1) is 33.4. The van der Waals surface area contributed by atoms with Crippen molar-refractivity contribution >= 4 is 53.2 Å². The van der Waals surface area contributed by atoms with E-state index in [1.807, 2.05) is 0 Å². The van der Waals surface area contributed by atoms with E-state index in [0.29, 0.717) is 18.7 Å². The Morgan fingerprint density at radius 3 is 2.05 bits per heavy atom. The summed E-state index contributed by atoms with van der Waals surface area (Å²) in [5.74, 6) is -4.53. The quantitative estimate of drug-likeness (QED) is 0.0421. The van der Waals surface area contributed by atoms with E-state index >= 15 is 0 Å². The summed E-state index contributed by atoms with van der Waals surface area (Å²) in [5, 5.41) is 27.7. The fourth-order valence-corrected chi connectivity index (χ4v) is 3.29. The van der Waals surface area contributed by atoms with E-state index in [4.69, 9.17) is 27.7 Å². The zero-order valence-electron chi connectivity index (χ0n) is 20.6. The zero-order chi connectivity index (χ0) is 28.4. The van der Waals surface area contributed by atoms with E-state index in [-0.39, 0.29) is 31.6 Å². The molecule has 0 aliphatic carbocycles. The molecule has 17 heteroatoms. The Kier molecular flexibility index (Phi) is 16.8. The number of carbonyl (C=O) groups excluding carboxylic acids is 5. The standard InChI is InChI=1S/C20H37N9O7S/c1-37-8-6-13(18(35)27-9-15(31)26-10-16(32)33)29-19(36)12(4-5-14(22)30)28-17(34)11(21)3-2-7-25-20(23)24/h11-13H,2-10,21H2,1H3,(H2,22,30)(H,26,31)(H,27,35)(H,28,34)(H,29,36)(H,32,33)(H4,23,24,25)/t11-,12-,13-/m0/s1. The molecule has 13 N–H and O–H groups in total. The number of aliphatic carboxylic acids is 1. The minimum Gasteiger partial charge on any atom is -0.480 e. The number of nitrogens with one attached hydrogen (secondary N) is 6. The van der Waals surface area contributed by atoms with Crippen LogP contribution < -0.4 is 43.8 Å². The fraction of sp³-hybridized carbons (Fsp3) is 0.650. The molecule has 0 aliphatic heterocycles. The summed E-state index contributed by atoms with van der Waals surface area (Å²) in [6.45, 7) is -0.798. The summed E-state index contributed by atoms with van der Waals surface area (Å²) in [4.78, 5) is 71.5. The normalized spacial score (nSPS) is 12.8. The van der Waals surface area contributed by atoms with Gasteiger partial charge in [-0.05, 0) is 37.7 Å². The second kappa shape index (κ2) is 18.6. The highest BCUT2D eigenvalue weighted by Gasteiger charge is 2.28. The van der Waals surface area contributed by atoms with Crippen molar-refractivity contribution in [2.75, 3.05) is 31.6 Å². The predicted octanol–water partition coefficient (Wildman–Crippen LogP) is -4.12. The van der Waals surface area contributed by atoms with E-state index in [1.54, 1.807) is 6.26 Å². The van der Waals surface area contributed by atoms with Gasteiger partial charge in [-0.15, -0.1) is 0 Å². The molecule has 0 fully saturated rings. The van der Waals surface area contributed by atoms with Gasteiger partial charge < -0.3 is 48.9 Å². The fourth-order valence-electron chi connectivity index (χ4n) is 2.81. The summed E-state index contributed by atoms with van der Waals surface area (Å²) in [5.41, 5.74) is 16.2.